The van der Waals surface area contributed by atoms with E-state index in [2.05, 4.69) is 35.8 Å². The Morgan fingerprint density at radius 3 is 2.52 bits per heavy atom. The average Bonchev–Trinajstić information content (AvgIpc) is 3.27. The van der Waals surface area contributed by atoms with Crippen molar-refractivity contribution in [1.29, 1.82) is 0 Å². The Hall–Kier alpha value is -4.15. The Morgan fingerprint density at radius 2 is 1.79 bits per heavy atom. The molecule has 1 aliphatic carbocycles. The van der Waals surface area contributed by atoms with E-state index in [9.17, 15) is 9.59 Å². The molecule has 0 aliphatic heterocycles. The number of nitrogens with one attached hydrogen (secondary N) is 2. The van der Waals surface area contributed by atoms with E-state index >= 15 is 0 Å². The molecule has 0 unspecified atom stereocenters. The summed E-state index contributed by atoms with van der Waals surface area (Å²) in [4.78, 5) is 38.6. The van der Waals surface area contributed by atoms with E-state index in [1.165, 1.54) is 10.8 Å². The van der Waals surface area contributed by atoms with Crippen LogP contribution in [0.1, 0.15) is 25.0 Å². The Morgan fingerprint density at radius 1 is 0.970 bits per heavy atom. The van der Waals surface area contributed by atoms with Crippen molar-refractivity contribution in [3.8, 4) is 5.69 Å². The molecule has 4 aromatic heterocycles. The van der Waals surface area contributed by atoms with Crippen LogP contribution >= 0.6 is 0 Å². The lowest BCUT2D eigenvalue weighted by Crippen LogP contribution is -2.38. The van der Waals surface area contributed by atoms with E-state index in [-0.39, 0.29) is 12.1 Å². The van der Waals surface area contributed by atoms with Crippen molar-refractivity contribution in [3.05, 3.63) is 69.4 Å². The highest BCUT2D eigenvalue weighted by molar-refractivity contribution is 5.73. The molecule has 0 spiro atoms. The summed E-state index contributed by atoms with van der Waals surface area (Å²) in [5.41, 5.74) is 0.659. The van der Waals surface area contributed by atoms with Gasteiger partial charge in [0.2, 0.25) is 5.95 Å². The Bertz CT molecular complexity index is 1410. The van der Waals surface area contributed by atoms with E-state index in [4.69, 9.17) is 0 Å². The van der Waals surface area contributed by atoms with E-state index < -0.39 is 11.2 Å². The molecule has 1 aliphatic rings. The van der Waals surface area contributed by atoms with Crippen molar-refractivity contribution in [1.82, 2.24) is 34.3 Å². The zero-order valence-corrected chi connectivity index (χ0v) is 18.3. The van der Waals surface area contributed by atoms with E-state index in [1.807, 2.05) is 6.92 Å². The van der Waals surface area contributed by atoms with Crippen molar-refractivity contribution in [2.45, 2.75) is 38.3 Å². The Kier molecular flexibility index (Phi) is 5.29. The number of hydrogen-bond donors (Lipinski definition) is 2. The molecule has 0 aromatic carbocycles. The Labute approximate surface area is 188 Å². The van der Waals surface area contributed by atoms with Crippen LogP contribution in [-0.4, -0.2) is 46.4 Å². The third-order valence-electron chi connectivity index (χ3n) is 5.82. The molecule has 11 nitrogen and oxygen atoms in total. The highest BCUT2D eigenvalue weighted by atomic mass is 16.2. The molecular formula is C22H23N9O2. The second-order valence-corrected chi connectivity index (χ2v) is 8.18. The van der Waals surface area contributed by atoms with Gasteiger partial charge in [0, 0.05) is 25.3 Å². The van der Waals surface area contributed by atoms with Crippen molar-refractivity contribution in [3.63, 3.8) is 0 Å². The topological polar surface area (TPSA) is 133 Å². The van der Waals surface area contributed by atoms with Crippen molar-refractivity contribution in [2.24, 2.45) is 7.05 Å². The van der Waals surface area contributed by atoms with Crippen molar-refractivity contribution in [2.75, 3.05) is 10.6 Å². The quantitative estimate of drug-likeness (QED) is 0.468. The fourth-order valence-corrected chi connectivity index (χ4v) is 4.14. The van der Waals surface area contributed by atoms with E-state index in [0.29, 0.717) is 28.5 Å². The van der Waals surface area contributed by atoms with Gasteiger partial charge >= 0.3 is 5.69 Å². The van der Waals surface area contributed by atoms with Gasteiger partial charge in [-0.3, -0.25) is 9.36 Å². The summed E-state index contributed by atoms with van der Waals surface area (Å²) in [6.07, 6.45) is 7.61. The molecule has 1 saturated carbocycles. The molecule has 0 amide bonds. The second kappa shape index (κ2) is 8.41. The first-order valence-corrected chi connectivity index (χ1v) is 10.7. The molecule has 0 saturated heterocycles. The molecule has 0 bridgehead atoms. The predicted octanol–water partition coefficient (Wildman–Crippen LogP) is 1.42. The number of rotatable bonds is 5. The first-order chi connectivity index (χ1) is 16.0. The summed E-state index contributed by atoms with van der Waals surface area (Å²) in [7, 11) is 1.60. The predicted molar refractivity (Wildman–Crippen MR) is 124 cm³/mol. The minimum absolute atomic E-state index is 0.238. The fourth-order valence-electron chi connectivity index (χ4n) is 4.14. The third-order valence-corrected chi connectivity index (χ3v) is 5.82. The van der Waals surface area contributed by atoms with Gasteiger partial charge in [0.15, 0.2) is 0 Å². The van der Waals surface area contributed by atoms with Crippen LogP contribution in [0.4, 0.5) is 11.8 Å². The van der Waals surface area contributed by atoms with Crippen molar-refractivity contribution >= 4 is 22.8 Å². The lowest BCUT2D eigenvalue weighted by Gasteiger charge is -2.15. The van der Waals surface area contributed by atoms with Gasteiger partial charge in [0.1, 0.15) is 11.5 Å². The molecular weight excluding hydrogens is 422 g/mol. The van der Waals surface area contributed by atoms with Gasteiger partial charge in [-0.05, 0) is 50.5 Å². The molecule has 2 atom stereocenters. The van der Waals surface area contributed by atoms with Crippen LogP contribution < -0.4 is 21.9 Å². The van der Waals surface area contributed by atoms with Crippen LogP contribution in [0, 0.1) is 6.92 Å². The van der Waals surface area contributed by atoms with E-state index in [1.54, 1.807) is 43.7 Å². The SMILES string of the molecule is Cc1cnc(N[C@H]2CC[C@H](Nc3ccc(-n4c(=O)c5cccnc5n(C)c4=O)cn3)C2)nn1. The zero-order valence-electron chi connectivity index (χ0n) is 18.3. The van der Waals surface area contributed by atoms with Crippen LogP contribution in [0.3, 0.4) is 0 Å². The van der Waals surface area contributed by atoms with Gasteiger partial charge < -0.3 is 10.6 Å². The lowest BCUT2D eigenvalue weighted by atomic mass is 10.2. The average molecular weight is 445 g/mol. The molecule has 2 N–H and O–H groups in total. The first-order valence-electron chi connectivity index (χ1n) is 10.7. The number of fused-ring (bicyclic) bond motifs is 1. The maximum absolute atomic E-state index is 12.9. The summed E-state index contributed by atoms with van der Waals surface area (Å²) in [5.74, 6) is 1.22. The lowest BCUT2D eigenvalue weighted by molar-refractivity contribution is 0.712. The summed E-state index contributed by atoms with van der Waals surface area (Å²) in [6, 6.07) is 7.32. The highest BCUT2D eigenvalue weighted by Gasteiger charge is 2.25. The maximum atomic E-state index is 12.9. The van der Waals surface area contributed by atoms with E-state index in [0.717, 1.165) is 29.5 Å². The first kappa shape index (κ1) is 20.7. The highest BCUT2D eigenvalue weighted by Crippen LogP contribution is 2.24. The van der Waals surface area contributed by atoms with Gasteiger partial charge in [0.05, 0.1) is 29.2 Å². The number of anilines is 2. The van der Waals surface area contributed by atoms with Gasteiger partial charge in [-0.15, -0.1) is 5.10 Å². The fraction of sp³-hybridized carbons (Fsp3) is 0.318. The molecule has 4 heterocycles. The molecule has 5 rings (SSSR count). The largest absolute Gasteiger partial charge is 0.367 e. The van der Waals surface area contributed by atoms with Gasteiger partial charge in [-0.1, -0.05) is 0 Å². The minimum Gasteiger partial charge on any atom is -0.367 e. The minimum atomic E-state index is -0.466. The van der Waals surface area contributed by atoms with Crippen molar-refractivity contribution < 1.29 is 0 Å². The number of aryl methyl sites for hydroxylation is 2. The van der Waals surface area contributed by atoms with Crippen LogP contribution in [0.25, 0.3) is 16.7 Å². The zero-order chi connectivity index (χ0) is 22.9. The standard InChI is InChI=1S/C22H23N9O2/c1-13-11-25-21(29-28-13)27-15-6-5-14(10-15)26-18-8-7-16(12-24-18)31-20(32)17-4-3-9-23-19(17)30(2)22(31)33/h3-4,7-9,11-12,14-15H,5-6,10H2,1-2H3,(H,24,26)(H,25,27,29)/t14-,15-/m0/s1. The van der Waals surface area contributed by atoms with Crippen LogP contribution in [0.15, 0.2) is 52.4 Å². The second-order valence-electron chi connectivity index (χ2n) is 8.18. The normalized spacial score (nSPS) is 17.9. The summed E-state index contributed by atoms with van der Waals surface area (Å²) < 4.78 is 2.48. The van der Waals surface area contributed by atoms with Gasteiger partial charge in [-0.25, -0.2) is 24.3 Å². The van der Waals surface area contributed by atoms with Gasteiger partial charge in [0.25, 0.3) is 5.56 Å². The summed E-state index contributed by atoms with van der Waals surface area (Å²) >= 11 is 0. The molecule has 0 radical (unpaired) electrons. The number of aromatic nitrogens is 7. The third kappa shape index (κ3) is 4.04. The summed E-state index contributed by atoms with van der Waals surface area (Å²) in [6.45, 7) is 1.85. The number of pyridine rings is 2. The molecule has 11 heteroatoms. The monoisotopic (exact) mass is 445 g/mol. The van der Waals surface area contributed by atoms with Crippen LogP contribution in [0.5, 0.6) is 0 Å². The molecule has 4 aromatic rings. The number of hydrogen-bond acceptors (Lipinski definition) is 9. The van der Waals surface area contributed by atoms with Gasteiger partial charge in [-0.2, -0.15) is 5.10 Å². The molecule has 168 valence electrons. The maximum Gasteiger partial charge on any atom is 0.337 e. The summed E-state index contributed by atoms with van der Waals surface area (Å²) in [5, 5.41) is 15.2. The molecule has 33 heavy (non-hydrogen) atoms. The van der Waals surface area contributed by atoms with Crippen LogP contribution in [-0.2, 0) is 7.05 Å². The smallest absolute Gasteiger partial charge is 0.337 e. The molecule has 1 fully saturated rings. The number of nitrogens with zero attached hydrogens (tertiary/aromatic N) is 7. The van der Waals surface area contributed by atoms with Crippen LogP contribution in [0.2, 0.25) is 0 Å². The Balaban J connectivity index is 1.30.